The standard InChI is InChI=1S/C16H22N4O2/c1-3-22-9-8-20-7-6-13-14(11-20)19-16(18-13)12-4-5-15(21-2)17-10-12/h4-5,10H,3,6-9,11H2,1-2H3,(H,18,19). The molecule has 6 nitrogen and oxygen atoms in total. The van der Waals surface area contributed by atoms with Crippen LogP contribution in [0.1, 0.15) is 18.3 Å². The Hall–Kier alpha value is -1.92. The largest absolute Gasteiger partial charge is 0.481 e. The molecule has 0 fully saturated rings. The van der Waals surface area contributed by atoms with Crippen molar-refractivity contribution in [2.75, 3.05) is 33.4 Å². The van der Waals surface area contributed by atoms with E-state index in [2.05, 4.69) is 14.9 Å². The van der Waals surface area contributed by atoms with Gasteiger partial charge >= 0.3 is 0 Å². The van der Waals surface area contributed by atoms with Crippen molar-refractivity contribution in [2.45, 2.75) is 19.9 Å². The molecular formula is C16H22N4O2. The van der Waals surface area contributed by atoms with E-state index < -0.39 is 0 Å². The number of aromatic nitrogens is 3. The molecule has 118 valence electrons. The molecule has 1 N–H and O–H groups in total. The van der Waals surface area contributed by atoms with Gasteiger partial charge in [-0.15, -0.1) is 0 Å². The summed E-state index contributed by atoms with van der Waals surface area (Å²) in [6, 6.07) is 3.83. The van der Waals surface area contributed by atoms with E-state index >= 15 is 0 Å². The van der Waals surface area contributed by atoms with Gasteiger partial charge in [0.15, 0.2) is 0 Å². The lowest BCUT2D eigenvalue weighted by Gasteiger charge is -2.25. The second-order valence-electron chi connectivity index (χ2n) is 5.32. The maximum atomic E-state index is 5.43. The SMILES string of the molecule is CCOCCN1CCc2nc(-c3ccc(OC)nc3)[nH]c2C1. The van der Waals surface area contributed by atoms with Gasteiger partial charge in [-0.05, 0) is 13.0 Å². The molecule has 0 bridgehead atoms. The third-order valence-corrected chi connectivity index (χ3v) is 3.89. The van der Waals surface area contributed by atoms with Crippen LogP contribution in [0.3, 0.4) is 0 Å². The van der Waals surface area contributed by atoms with Crippen molar-refractivity contribution >= 4 is 0 Å². The third kappa shape index (κ3) is 3.28. The average Bonchev–Trinajstić information content (AvgIpc) is 2.98. The van der Waals surface area contributed by atoms with Gasteiger partial charge in [0.2, 0.25) is 5.88 Å². The van der Waals surface area contributed by atoms with Gasteiger partial charge in [0.05, 0.1) is 25.1 Å². The Labute approximate surface area is 130 Å². The van der Waals surface area contributed by atoms with Crippen LogP contribution in [0.15, 0.2) is 18.3 Å². The molecule has 0 saturated heterocycles. The number of H-pyrrole nitrogens is 1. The highest BCUT2D eigenvalue weighted by Gasteiger charge is 2.20. The van der Waals surface area contributed by atoms with Gasteiger partial charge in [0, 0.05) is 50.5 Å². The van der Waals surface area contributed by atoms with Crippen molar-refractivity contribution in [2.24, 2.45) is 0 Å². The molecule has 0 aromatic carbocycles. The van der Waals surface area contributed by atoms with E-state index in [4.69, 9.17) is 14.5 Å². The highest BCUT2D eigenvalue weighted by Crippen LogP contribution is 2.23. The van der Waals surface area contributed by atoms with E-state index in [1.165, 1.54) is 11.4 Å². The molecule has 1 aliphatic rings. The first-order valence-corrected chi connectivity index (χ1v) is 7.68. The monoisotopic (exact) mass is 302 g/mol. The van der Waals surface area contributed by atoms with E-state index in [9.17, 15) is 0 Å². The Kier molecular flexibility index (Phi) is 4.70. The molecule has 0 spiro atoms. The number of rotatable bonds is 6. The first kappa shape index (κ1) is 15.0. The van der Waals surface area contributed by atoms with E-state index in [0.717, 1.165) is 50.7 Å². The molecule has 3 heterocycles. The number of hydrogen-bond acceptors (Lipinski definition) is 5. The molecule has 3 rings (SSSR count). The fourth-order valence-electron chi connectivity index (χ4n) is 2.66. The molecule has 22 heavy (non-hydrogen) atoms. The lowest BCUT2D eigenvalue weighted by molar-refractivity contribution is 0.108. The summed E-state index contributed by atoms with van der Waals surface area (Å²) >= 11 is 0. The van der Waals surface area contributed by atoms with E-state index in [0.29, 0.717) is 5.88 Å². The van der Waals surface area contributed by atoms with Gasteiger partial charge in [0.1, 0.15) is 5.82 Å². The zero-order chi connectivity index (χ0) is 15.4. The maximum absolute atomic E-state index is 5.43. The summed E-state index contributed by atoms with van der Waals surface area (Å²) in [5, 5.41) is 0. The maximum Gasteiger partial charge on any atom is 0.212 e. The van der Waals surface area contributed by atoms with E-state index in [1.807, 2.05) is 19.1 Å². The number of imidazole rings is 1. The number of fused-ring (bicyclic) bond motifs is 1. The van der Waals surface area contributed by atoms with Crippen LogP contribution in [-0.2, 0) is 17.7 Å². The summed E-state index contributed by atoms with van der Waals surface area (Å²) < 4.78 is 10.5. The molecule has 0 unspecified atom stereocenters. The van der Waals surface area contributed by atoms with Crippen molar-refractivity contribution in [3.05, 3.63) is 29.7 Å². The van der Waals surface area contributed by atoms with Gasteiger partial charge in [-0.1, -0.05) is 0 Å². The number of methoxy groups -OCH3 is 1. The predicted molar refractivity (Wildman–Crippen MR) is 83.8 cm³/mol. The van der Waals surface area contributed by atoms with Crippen molar-refractivity contribution in [3.8, 4) is 17.3 Å². The smallest absolute Gasteiger partial charge is 0.212 e. The normalized spacial score (nSPS) is 14.8. The Bertz CT molecular complexity index is 609. The van der Waals surface area contributed by atoms with Crippen LogP contribution in [0.5, 0.6) is 5.88 Å². The van der Waals surface area contributed by atoms with E-state index in [1.54, 1.807) is 13.3 Å². The predicted octanol–water partition coefficient (Wildman–Crippen LogP) is 1.87. The molecule has 2 aromatic rings. The van der Waals surface area contributed by atoms with Crippen LogP contribution in [0.2, 0.25) is 0 Å². The minimum absolute atomic E-state index is 0.613. The van der Waals surface area contributed by atoms with Gasteiger partial charge in [0.25, 0.3) is 0 Å². The number of nitrogens with one attached hydrogen (secondary N) is 1. The fourth-order valence-corrected chi connectivity index (χ4v) is 2.66. The first-order chi connectivity index (χ1) is 10.8. The second-order valence-corrected chi connectivity index (χ2v) is 5.32. The number of nitrogens with zero attached hydrogens (tertiary/aromatic N) is 3. The van der Waals surface area contributed by atoms with Gasteiger partial charge in [-0.25, -0.2) is 9.97 Å². The zero-order valence-electron chi connectivity index (χ0n) is 13.1. The highest BCUT2D eigenvalue weighted by atomic mass is 16.5. The number of hydrogen-bond donors (Lipinski definition) is 1. The second kappa shape index (κ2) is 6.89. The molecule has 0 aliphatic carbocycles. The van der Waals surface area contributed by atoms with Crippen molar-refractivity contribution in [3.63, 3.8) is 0 Å². The lowest BCUT2D eigenvalue weighted by atomic mass is 10.1. The minimum Gasteiger partial charge on any atom is -0.481 e. The van der Waals surface area contributed by atoms with Crippen LogP contribution >= 0.6 is 0 Å². The quantitative estimate of drug-likeness (QED) is 0.825. The third-order valence-electron chi connectivity index (χ3n) is 3.89. The first-order valence-electron chi connectivity index (χ1n) is 7.68. The number of pyridine rings is 1. The van der Waals surface area contributed by atoms with Crippen LogP contribution in [0, 0.1) is 0 Å². The zero-order valence-corrected chi connectivity index (χ0v) is 13.1. The minimum atomic E-state index is 0.613. The van der Waals surface area contributed by atoms with Crippen molar-refractivity contribution < 1.29 is 9.47 Å². The van der Waals surface area contributed by atoms with Crippen LogP contribution in [-0.4, -0.2) is 53.3 Å². The fraction of sp³-hybridized carbons (Fsp3) is 0.500. The Morgan fingerprint density at radius 3 is 3.00 bits per heavy atom. The van der Waals surface area contributed by atoms with Crippen LogP contribution in [0.25, 0.3) is 11.4 Å². The number of aromatic amines is 1. The Morgan fingerprint density at radius 1 is 1.36 bits per heavy atom. The van der Waals surface area contributed by atoms with E-state index in [-0.39, 0.29) is 0 Å². The Morgan fingerprint density at radius 2 is 2.27 bits per heavy atom. The molecule has 0 amide bonds. The summed E-state index contributed by atoms with van der Waals surface area (Å²) in [5.41, 5.74) is 3.35. The molecular weight excluding hydrogens is 280 g/mol. The summed E-state index contributed by atoms with van der Waals surface area (Å²) in [6.07, 6.45) is 2.76. The molecule has 0 radical (unpaired) electrons. The Balaban J connectivity index is 1.70. The van der Waals surface area contributed by atoms with Crippen molar-refractivity contribution in [1.82, 2.24) is 19.9 Å². The van der Waals surface area contributed by atoms with Crippen molar-refractivity contribution in [1.29, 1.82) is 0 Å². The average molecular weight is 302 g/mol. The van der Waals surface area contributed by atoms with Crippen LogP contribution < -0.4 is 4.74 Å². The summed E-state index contributed by atoms with van der Waals surface area (Å²) in [5.74, 6) is 1.49. The topological polar surface area (TPSA) is 63.3 Å². The number of ether oxygens (including phenoxy) is 2. The summed E-state index contributed by atoms with van der Waals surface area (Å²) in [7, 11) is 1.62. The van der Waals surface area contributed by atoms with Crippen LogP contribution in [0.4, 0.5) is 0 Å². The highest BCUT2D eigenvalue weighted by molar-refractivity contribution is 5.55. The summed E-state index contributed by atoms with van der Waals surface area (Å²) in [4.78, 5) is 14.8. The molecule has 0 atom stereocenters. The lowest BCUT2D eigenvalue weighted by Crippen LogP contribution is -2.33. The molecule has 6 heteroatoms. The van der Waals surface area contributed by atoms with Gasteiger partial charge in [-0.2, -0.15) is 0 Å². The molecule has 1 aliphatic heterocycles. The molecule has 2 aromatic heterocycles. The van der Waals surface area contributed by atoms with Gasteiger partial charge in [-0.3, -0.25) is 4.90 Å². The van der Waals surface area contributed by atoms with Gasteiger partial charge < -0.3 is 14.5 Å². The summed E-state index contributed by atoms with van der Waals surface area (Å²) in [6.45, 7) is 6.49. The molecule has 0 saturated carbocycles.